The van der Waals surface area contributed by atoms with Crippen LogP contribution in [0.25, 0.3) is 15.7 Å². The predicted molar refractivity (Wildman–Crippen MR) is 169 cm³/mol. The number of benzene rings is 3. The van der Waals surface area contributed by atoms with Crippen LogP contribution in [0.15, 0.2) is 72.9 Å². The van der Waals surface area contributed by atoms with E-state index >= 15 is 0 Å². The van der Waals surface area contributed by atoms with Crippen LogP contribution in [0, 0.1) is 6.57 Å². The molecule has 2 heterocycles. The number of ether oxygens (including phenoxy) is 3. The lowest BCUT2D eigenvalue weighted by Crippen LogP contribution is -2.46. The quantitative estimate of drug-likeness (QED) is 0.152. The van der Waals surface area contributed by atoms with E-state index in [2.05, 4.69) is 37.2 Å². The topological polar surface area (TPSA) is 92.5 Å². The Morgan fingerprint density at radius 2 is 1.56 bits per heavy atom. The number of nitrogens with zero attached hydrogens (tertiary/aromatic N) is 4. The smallest absolute Gasteiger partial charge is 0.323 e. The summed E-state index contributed by atoms with van der Waals surface area (Å²) in [5.41, 5.74) is 2.36. The van der Waals surface area contributed by atoms with Crippen LogP contribution >= 0.6 is 0 Å². The molecule has 0 aliphatic carbocycles. The Bertz CT molecular complexity index is 1560. The van der Waals surface area contributed by atoms with Crippen molar-refractivity contribution in [2.45, 2.75) is 13.3 Å². The minimum Gasteiger partial charge on any atom is -0.504 e. The first kappa shape index (κ1) is 29.6. The molecule has 1 aliphatic heterocycles. The second-order valence-corrected chi connectivity index (χ2v) is 10.2. The molecule has 10 nitrogen and oxygen atoms in total. The molecule has 0 saturated carbocycles. The van der Waals surface area contributed by atoms with Crippen LogP contribution in [0.5, 0.6) is 23.0 Å². The monoisotopic (exact) mass is 580 g/mol. The summed E-state index contributed by atoms with van der Waals surface area (Å²) in [5.74, 6) is 2.40. The number of carbonyl (C=O) groups excluding carboxylic acids is 1. The number of amides is 2. The average Bonchev–Trinajstić information content (AvgIpc) is 3.04. The van der Waals surface area contributed by atoms with Gasteiger partial charge in [0.1, 0.15) is 23.0 Å². The zero-order chi connectivity index (χ0) is 30.0. The predicted octanol–water partition coefficient (Wildman–Crippen LogP) is 6.64. The van der Waals surface area contributed by atoms with E-state index in [-0.39, 0.29) is 6.03 Å². The van der Waals surface area contributed by atoms with E-state index in [1.54, 1.807) is 74.0 Å². The number of rotatable bonds is 11. The SMILES string of the molecule is [C-]#[N+]c1cc2c(Oc3ccc(NC(=O)Nc4ccc(OC)cc4)cc3)ccnc2cc1OCCCN1CCN(CC)CC1. The third-order valence-corrected chi connectivity index (χ3v) is 7.38. The van der Waals surface area contributed by atoms with E-state index in [9.17, 15) is 4.79 Å². The lowest BCUT2D eigenvalue weighted by atomic mass is 10.1. The van der Waals surface area contributed by atoms with Gasteiger partial charge in [-0.1, -0.05) is 6.92 Å². The molecule has 3 aromatic carbocycles. The molecule has 0 radical (unpaired) electrons. The molecule has 0 bridgehead atoms. The first-order valence-corrected chi connectivity index (χ1v) is 14.4. The van der Waals surface area contributed by atoms with Crippen LogP contribution in [0.3, 0.4) is 0 Å². The largest absolute Gasteiger partial charge is 0.504 e. The van der Waals surface area contributed by atoms with Gasteiger partial charge in [-0.25, -0.2) is 9.64 Å². The first-order chi connectivity index (χ1) is 21.0. The van der Waals surface area contributed by atoms with Crippen molar-refractivity contribution in [3.8, 4) is 23.0 Å². The first-order valence-electron chi connectivity index (χ1n) is 14.4. The molecule has 2 N–H and O–H groups in total. The number of pyridine rings is 1. The Labute approximate surface area is 252 Å². The number of hydrogen-bond acceptors (Lipinski definition) is 7. The molecule has 10 heteroatoms. The van der Waals surface area contributed by atoms with Gasteiger partial charge in [0.15, 0.2) is 0 Å². The van der Waals surface area contributed by atoms with E-state index < -0.39 is 0 Å². The molecule has 1 aliphatic rings. The van der Waals surface area contributed by atoms with Crippen LogP contribution in [0.1, 0.15) is 13.3 Å². The summed E-state index contributed by atoms with van der Waals surface area (Å²) >= 11 is 0. The van der Waals surface area contributed by atoms with Crippen molar-refractivity contribution >= 4 is 34.0 Å². The van der Waals surface area contributed by atoms with Crippen molar-refractivity contribution in [3.63, 3.8) is 0 Å². The number of aromatic nitrogens is 1. The van der Waals surface area contributed by atoms with Crippen LogP contribution < -0.4 is 24.8 Å². The Morgan fingerprint density at radius 1 is 0.907 bits per heavy atom. The van der Waals surface area contributed by atoms with Crippen LogP contribution in [0.4, 0.5) is 21.9 Å². The fraction of sp³-hybridized carbons (Fsp3) is 0.303. The second-order valence-electron chi connectivity index (χ2n) is 10.2. The minimum atomic E-state index is -0.363. The number of nitrogens with one attached hydrogen (secondary N) is 2. The minimum absolute atomic E-state index is 0.363. The van der Waals surface area contributed by atoms with Crippen molar-refractivity contribution < 1.29 is 19.0 Å². The van der Waals surface area contributed by atoms with Crippen molar-refractivity contribution in [1.82, 2.24) is 14.8 Å². The summed E-state index contributed by atoms with van der Waals surface area (Å²) in [6, 6.07) is 19.1. The maximum absolute atomic E-state index is 12.4. The molecule has 2 amide bonds. The van der Waals surface area contributed by atoms with Gasteiger partial charge in [-0.3, -0.25) is 4.98 Å². The molecule has 1 fully saturated rings. The van der Waals surface area contributed by atoms with E-state index in [1.807, 2.05) is 6.07 Å². The summed E-state index contributed by atoms with van der Waals surface area (Å²) < 4.78 is 17.3. The number of anilines is 2. The van der Waals surface area contributed by atoms with Gasteiger partial charge >= 0.3 is 6.03 Å². The molecule has 5 rings (SSSR count). The van der Waals surface area contributed by atoms with Crippen molar-refractivity contribution in [2.75, 3.05) is 63.6 Å². The third-order valence-electron chi connectivity index (χ3n) is 7.38. The standard InChI is InChI=1S/C33H36N6O4/c1-4-38-17-19-39(20-18-38)16-5-21-42-32-23-29-28(22-30(32)34-2)31(14-15-35-29)43-27-12-8-25(9-13-27)37-33(40)36-24-6-10-26(41-3)11-7-24/h6-15,22-23H,4-5,16-21H2,1,3H3,(H2,36,37,40). The Hall–Kier alpha value is -4.85. The number of fused-ring (bicyclic) bond motifs is 1. The third kappa shape index (κ3) is 7.92. The Balaban J connectivity index is 1.18. The average molecular weight is 581 g/mol. The van der Waals surface area contributed by atoms with Crippen LogP contribution in [-0.2, 0) is 0 Å². The van der Waals surface area contributed by atoms with E-state index in [0.29, 0.717) is 52.2 Å². The van der Waals surface area contributed by atoms with Gasteiger partial charge < -0.3 is 34.6 Å². The van der Waals surface area contributed by atoms with Gasteiger partial charge in [0.05, 0.1) is 25.8 Å². The van der Waals surface area contributed by atoms with Gasteiger partial charge in [-0.2, -0.15) is 0 Å². The van der Waals surface area contributed by atoms with Crippen molar-refractivity contribution in [1.29, 1.82) is 0 Å². The molecule has 0 spiro atoms. The summed E-state index contributed by atoms with van der Waals surface area (Å²) in [5, 5.41) is 6.31. The lowest BCUT2D eigenvalue weighted by Gasteiger charge is -2.33. The van der Waals surface area contributed by atoms with E-state index in [0.717, 1.165) is 51.1 Å². The highest BCUT2D eigenvalue weighted by Gasteiger charge is 2.16. The number of urea groups is 1. The van der Waals surface area contributed by atoms with Crippen molar-refractivity contribution in [2.24, 2.45) is 0 Å². The molecular weight excluding hydrogens is 544 g/mol. The van der Waals surface area contributed by atoms with Crippen LogP contribution in [-0.4, -0.2) is 73.8 Å². The van der Waals surface area contributed by atoms with Gasteiger partial charge in [-0.05, 0) is 79.7 Å². The molecular formula is C33H36N6O4. The second kappa shape index (κ2) is 14.4. The summed E-state index contributed by atoms with van der Waals surface area (Å²) in [7, 11) is 1.59. The fourth-order valence-electron chi connectivity index (χ4n) is 4.93. The van der Waals surface area contributed by atoms with Gasteiger partial charge in [-0.15, -0.1) is 0 Å². The molecule has 0 atom stereocenters. The van der Waals surface area contributed by atoms with Crippen LogP contribution in [0.2, 0.25) is 0 Å². The maximum Gasteiger partial charge on any atom is 0.323 e. The highest BCUT2D eigenvalue weighted by atomic mass is 16.5. The van der Waals surface area contributed by atoms with Gasteiger partial charge in [0, 0.05) is 55.7 Å². The molecule has 1 saturated heterocycles. The Morgan fingerprint density at radius 3 is 2.19 bits per heavy atom. The summed E-state index contributed by atoms with van der Waals surface area (Å²) in [6.07, 6.45) is 2.57. The molecule has 43 heavy (non-hydrogen) atoms. The number of piperazine rings is 1. The number of carbonyl (C=O) groups is 1. The number of likely N-dealkylation sites (N-methyl/N-ethyl adjacent to an activating group) is 1. The number of hydrogen-bond donors (Lipinski definition) is 2. The molecule has 4 aromatic rings. The summed E-state index contributed by atoms with van der Waals surface area (Å²) in [6.45, 7) is 17.0. The van der Waals surface area contributed by atoms with Gasteiger partial charge in [0.2, 0.25) is 5.69 Å². The fourth-order valence-corrected chi connectivity index (χ4v) is 4.93. The number of methoxy groups -OCH3 is 1. The molecule has 1 aromatic heterocycles. The normalized spacial score (nSPS) is 13.7. The van der Waals surface area contributed by atoms with E-state index in [1.165, 1.54) is 0 Å². The zero-order valence-electron chi connectivity index (χ0n) is 24.5. The summed E-state index contributed by atoms with van der Waals surface area (Å²) in [4.78, 5) is 25.5. The molecule has 0 unspecified atom stereocenters. The Kier molecular flexibility index (Phi) is 9.90. The zero-order valence-corrected chi connectivity index (χ0v) is 24.5. The van der Waals surface area contributed by atoms with Gasteiger partial charge in [0.25, 0.3) is 0 Å². The van der Waals surface area contributed by atoms with Crippen molar-refractivity contribution in [3.05, 3.63) is 84.3 Å². The lowest BCUT2D eigenvalue weighted by molar-refractivity contribution is 0.130. The highest BCUT2D eigenvalue weighted by molar-refractivity contribution is 5.99. The molecule has 222 valence electrons. The highest BCUT2D eigenvalue weighted by Crippen LogP contribution is 2.37. The van der Waals surface area contributed by atoms with E-state index in [4.69, 9.17) is 20.8 Å². The maximum atomic E-state index is 12.4.